The maximum absolute atomic E-state index is 13.1. The molecule has 1 saturated heterocycles. The lowest BCUT2D eigenvalue weighted by Crippen LogP contribution is -2.29. The normalized spacial score (nSPS) is 18.1. The van der Waals surface area contributed by atoms with Gasteiger partial charge in [0.25, 0.3) is 5.78 Å². The van der Waals surface area contributed by atoms with Gasteiger partial charge in [-0.15, -0.1) is 0 Å². The van der Waals surface area contributed by atoms with Gasteiger partial charge in [0.2, 0.25) is 0 Å². The molecule has 8 heteroatoms. The van der Waals surface area contributed by atoms with Crippen LogP contribution in [0.5, 0.6) is 5.75 Å². The molecule has 1 unspecified atom stereocenters. The Bertz CT molecular complexity index is 1320. The minimum Gasteiger partial charge on any atom is -0.507 e. The zero-order valence-electron chi connectivity index (χ0n) is 16.3. The van der Waals surface area contributed by atoms with Gasteiger partial charge >= 0.3 is 5.91 Å². The van der Waals surface area contributed by atoms with Crippen molar-refractivity contribution >= 4 is 44.1 Å². The molecular weight excluding hydrogens is 416 g/mol. The number of aliphatic hydroxyl groups excluding tert-OH is 1. The van der Waals surface area contributed by atoms with Crippen LogP contribution in [0.4, 0.5) is 5.13 Å². The Morgan fingerprint density at radius 3 is 2.65 bits per heavy atom. The number of anilines is 1. The number of aromatic nitrogens is 1. The van der Waals surface area contributed by atoms with Gasteiger partial charge in [-0.05, 0) is 30.3 Å². The third-order valence-corrected chi connectivity index (χ3v) is 6.11. The molecule has 0 radical (unpaired) electrons. The highest BCUT2D eigenvalue weighted by Crippen LogP contribution is 2.44. The zero-order valence-corrected chi connectivity index (χ0v) is 17.1. The first-order chi connectivity index (χ1) is 15.1. The Hall–Kier alpha value is -3.91. The third kappa shape index (κ3) is 3.08. The summed E-state index contributed by atoms with van der Waals surface area (Å²) in [6.07, 6.45) is 1.46. The average molecular weight is 432 g/mol. The first kappa shape index (κ1) is 19.1. The number of hydrogen-bond donors (Lipinski definition) is 1. The van der Waals surface area contributed by atoms with Crippen molar-refractivity contribution in [3.63, 3.8) is 0 Å². The molecule has 0 saturated carbocycles. The van der Waals surface area contributed by atoms with Gasteiger partial charge in [-0.2, -0.15) is 0 Å². The number of furan rings is 1. The summed E-state index contributed by atoms with van der Waals surface area (Å²) in [5.41, 5.74) is 1.07. The summed E-state index contributed by atoms with van der Waals surface area (Å²) in [6, 6.07) is 16.4. The monoisotopic (exact) mass is 432 g/mol. The number of aliphatic hydroxyl groups is 1. The van der Waals surface area contributed by atoms with E-state index in [0.29, 0.717) is 27.7 Å². The van der Waals surface area contributed by atoms with Crippen molar-refractivity contribution < 1.29 is 23.8 Å². The minimum atomic E-state index is -0.933. The van der Waals surface area contributed by atoms with Crippen LogP contribution in [-0.2, 0) is 9.59 Å². The first-order valence-corrected chi connectivity index (χ1v) is 10.2. The molecule has 1 aliphatic heterocycles. The van der Waals surface area contributed by atoms with Gasteiger partial charge in [-0.25, -0.2) is 4.98 Å². The fraction of sp³-hybridized carbons (Fsp3) is 0.0870. The number of hydrogen-bond acceptors (Lipinski definition) is 7. The number of amides is 1. The van der Waals surface area contributed by atoms with Crippen LogP contribution in [0.3, 0.4) is 0 Å². The highest BCUT2D eigenvalue weighted by molar-refractivity contribution is 7.22. The molecule has 3 heterocycles. The number of ketones is 1. The van der Waals surface area contributed by atoms with Crippen LogP contribution < -0.4 is 9.64 Å². The summed E-state index contributed by atoms with van der Waals surface area (Å²) in [5, 5.41) is 11.3. The van der Waals surface area contributed by atoms with Gasteiger partial charge < -0.3 is 14.3 Å². The fourth-order valence-corrected chi connectivity index (χ4v) is 4.64. The SMILES string of the molecule is COc1ccc2nc(N3C(=O)C(=O)/C(=C(/O)c4ccccc4)C3c3ccco3)sc2c1. The molecule has 4 aromatic rings. The van der Waals surface area contributed by atoms with Crippen LogP contribution in [0.2, 0.25) is 0 Å². The number of thiazole rings is 1. The standard InChI is InChI=1S/C23H16N2O5S/c1-29-14-9-10-15-17(12-14)31-23(24-15)25-19(16-8-5-11-30-16)18(21(27)22(25)28)20(26)13-6-3-2-4-7-13/h2-12,19,26H,1H3/b20-18+. The number of carbonyl (C=O) groups excluding carboxylic acids is 2. The van der Waals surface area contributed by atoms with E-state index in [1.807, 2.05) is 6.07 Å². The van der Waals surface area contributed by atoms with Crippen molar-refractivity contribution in [2.75, 3.05) is 12.0 Å². The molecule has 0 spiro atoms. The van der Waals surface area contributed by atoms with E-state index in [1.165, 1.54) is 22.5 Å². The van der Waals surface area contributed by atoms with Crippen molar-refractivity contribution in [1.82, 2.24) is 4.98 Å². The number of nitrogens with zero attached hydrogens (tertiary/aromatic N) is 2. The number of benzene rings is 2. The summed E-state index contributed by atoms with van der Waals surface area (Å²) < 4.78 is 11.6. The number of carbonyl (C=O) groups is 2. The molecule has 1 N–H and O–H groups in total. The lowest BCUT2D eigenvalue weighted by atomic mass is 9.99. The zero-order chi connectivity index (χ0) is 21.5. The number of Topliss-reactive ketones (excluding diaryl/α,β-unsaturated/α-hetero) is 1. The molecular formula is C23H16N2O5S. The topological polar surface area (TPSA) is 92.9 Å². The van der Waals surface area contributed by atoms with Gasteiger partial charge in [0, 0.05) is 5.56 Å². The van der Waals surface area contributed by atoms with Gasteiger partial charge in [0.15, 0.2) is 5.13 Å². The van der Waals surface area contributed by atoms with E-state index >= 15 is 0 Å². The molecule has 0 aliphatic carbocycles. The van der Waals surface area contributed by atoms with E-state index in [4.69, 9.17) is 9.15 Å². The summed E-state index contributed by atoms with van der Waals surface area (Å²) >= 11 is 1.26. The molecule has 1 fully saturated rings. The molecule has 7 nitrogen and oxygen atoms in total. The molecule has 0 bridgehead atoms. The average Bonchev–Trinajstić information content (AvgIpc) is 3.52. The Balaban J connectivity index is 1.70. The van der Waals surface area contributed by atoms with Gasteiger partial charge in [0.05, 0.1) is 29.2 Å². The van der Waals surface area contributed by atoms with Gasteiger partial charge in [-0.3, -0.25) is 14.5 Å². The quantitative estimate of drug-likeness (QED) is 0.289. The second-order valence-electron chi connectivity index (χ2n) is 6.88. The number of fused-ring (bicyclic) bond motifs is 1. The van der Waals surface area contributed by atoms with Crippen LogP contribution >= 0.6 is 11.3 Å². The molecule has 154 valence electrons. The fourth-order valence-electron chi connectivity index (χ4n) is 3.62. The van der Waals surface area contributed by atoms with Crippen LogP contribution in [0.15, 0.2) is 76.9 Å². The van der Waals surface area contributed by atoms with Crippen LogP contribution in [-0.4, -0.2) is 28.9 Å². The highest BCUT2D eigenvalue weighted by Gasteiger charge is 2.49. The van der Waals surface area contributed by atoms with E-state index in [0.717, 1.165) is 4.70 Å². The lowest BCUT2D eigenvalue weighted by Gasteiger charge is -2.20. The lowest BCUT2D eigenvalue weighted by molar-refractivity contribution is -0.132. The Morgan fingerprint density at radius 1 is 1.13 bits per heavy atom. The molecule has 1 amide bonds. The molecule has 2 aromatic heterocycles. The van der Waals surface area contributed by atoms with Crippen molar-refractivity contribution in [1.29, 1.82) is 0 Å². The van der Waals surface area contributed by atoms with E-state index < -0.39 is 17.7 Å². The third-order valence-electron chi connectivity index (χ3n) is 5.09. The van der Waals surface area contributed by atoms with Crippen LogP contribution in [0, 0.1) is 0 Å². The molecule has 2 aromatic carbocycles. The summed E-state index contributed by atoms with van der Waals surface area (Å²) in [6.45, 7) is 0. The molecule has 1 atom stereocenters. The number of ether oxygens (including phenoxy) is 1. The first-order valence-electron chi connectivity index (χ1n) is 9.43. The van der Waals surface area contributed by atoms with E-state index in [-0.39, 0.29) is 11.3 Å². The maximum atomic E-state index is 13.1. The second kappa shape index (κ2) is 7.41. The highest BCUT2D eigenvalue weighted by atomic mass is 32.1. The van der Waals surface area contributed by atoms with Crippen molar-refractivity contribution in [2.24, 2.45) is 0 Å². The number of methoxy groups -OCH3 is 1. The largest absolute Gasteiger partial charge is 0.507 e. The van der Waals surface area contributed by atoms with Crippen LogP contribution in [0.1, 0.15) is 17.4 Å². The second-order valence-corrected chi connectivity index (χ2v) is 7.89. The Labute approximate surface area is 180 Å². The predicted molar refractivity (Wildman–Crippen MR) is 116 cm³/mol. The summed E-state index contributed by atoms with van der Waals surface area (Å²) in [4.78, 5) is 32.0. The Kier molecular flexibility index (Phi) is 4.56. The predicted octanol–water partition coefficient (Wildman–Crippen LogP) is 4.52. The molecule has 31 heavy (non-hydrogen) atoms. The van der Waals surface area contributed by atoms with E-state index in [9.17, 15) is 14.7 Å². The van der Waals surface area contributed by atoms with Crippen molar-refractivity contribution in [2.45, 2.75) is 6.04 Å². The molecule has 5 rings (SSSR count). The van der Waals surface area contributed by atoms with E-state index in [2.05, 4.69) is 4.98 Å². The van der Waals surface area contributed by atoms with Gasteiger partial charge in [-0.1, -0.05) is 41.7 Å². The smallest absolute Gasteiger partial charge is 0.302 e. The summed E-state index contributed by atoms with van der Waals surface area (Å²) in [5.74, 6) is -0.806. The Morgan fingerprint density at radius 2 is 1.94 bits per heavy atom. The summed E-state index contributed by atoms with van der Waals surface area (Å²) in [7, 11) is 1.57. The number of rotatable bonds is 4. The van der Waals surface area contributed by atoms with Gasteiger partial charge in [0.1, 0.15) is 23.3 Å². The maximum Gasteiger partial charge on any atom is 0.302 e. The molecule has 1 aliphatic rings. The van der Waals surface area contributed by atoms with Crippen molar-refractivity contribution in [3.8, 4) is 5.75 Å². The minimum absolute atomic E-state index is 0.0389. The van der Waals surface area contributed by atoms with Crippen molar-refractivity contribution in [3.05, 3.63) is 83.8 Å². The van der Waals surface area contributed by atoms with E-state index in [1.54, 1.807) is 61.7 Å². The van der Waals surface area contributed by atoms with Crippen LogP contribution in [0.25, 0.3) is 16.0 Å².